The lowest BCUT2D eigenvalue weighted by Crippen LogP contribution is -2.16. The molecule has 2 heteroatoms. The Kier molecular flexibility index (Phi) is 2.51. The monoisotopic (exact) mass is 204 g/mol. The first-order valence-corrected chi connectivity index (χ1v) is 5.42. The highest BCUT2D eigenvalue weighted by Crippen LogP contribution is 2.31. The number of hydrogen-bond donors (Lipinski definition) is 0. The van der Waals surface area contributed by atoms with Gasteiger partial charge in [0, 0.05) is 0 Å². The van der Waals surface area contributed by atoms with Gasteiger partial charge in [0.2, 0.25) is 0 Å². The second-order valence-electron chi connectivity index (χ2n) is 4.45. The first-order chi connectivity index (χ1) is 7.08. The summed E-state index contributed by atoms with van der Waals surface area (Å²) in [7, 11) is 0. The molecule has 0 unspecified atom stereocenters. The quantitative estimate of drug-likeness (QED) is 0.519. The lowest BCUT2D eigenvalue weighted by Gasteiger charge is -2.19. The number of hydrogen-bond acceptors (Lipinski definition) is 2. The van der Waals surface area contributed by atoms with E-state index < -0.39 is 0 Å². The van der Waals surface area contributed by atoms with Crippen LogP contribution in [0.4, 0.5) is 0 Å². The highest BCUT2D eigenvalue weighted by atomic mass is 16.5. The molecule has 0 fully saturated rings. The Bertz CT molecular complexity index is 405. The van der Waals surface area contributed by atoms with Crippen molar-refractivity contribution < 1.29 is 9.53 Å². The van der Waals surface area contributed by atoms with Crippen molar-refractivity contribution >= 4 is 5.97 Å². The number of benzene rings is 1. The summed E-state index contributed by atoms with van der Waals surface area (Å²) in [5, 5.41) is 0. The highest BCUT2D eigenvalue weighted by Gasteiger charge is 2.19. The highest BCUT2D eigenvalue weighted by molar-refractivity contribution is 5.75. The van der Waals surface area contributed by atoms with Crippen LogP contribution in [0.25, 0.3) is 0 Å². The third-order valence-electron chi connectivity index (χ3n) is 2.89. The van der Waals surface area contributed by atoms with Gasteiger partial charge < -0.3 is 4.74 Å². The standard InChI is InChI=1S/C13H16O2/c1-8(2)11-7-10-4-5-13(14)15-12(10)6-9(11)3/h6-8H,4-5H2,1-3H3. The van der Waals surface area contributed by atoms with Crippen molar-refractivity contribution in [1.29, 1.82) is 0 Å². The van der Waals surface area contributed by atoms with Crippen LogP contribution in [0.1, 0.15) is 42.9 Å². The molecule has 2 nitrogen and oxygen atoms in total. The SMILES string of the molecule is Cc1cc2c(cc1C(C)C)CCC(=O)O2. The minimum Gasteiger partial charge on any atom is -0.426 e. The molecule has 15 heavy (non-hydrogen) atoms. The van der Waals surface area contributed by atoms with Gasteiger partial charge in [0.05, 0.1) is 6.42 Å². The lowest BCUT2D eigenvalue weighted by molar-refractivity contribution is -0.135. The summed E-state index contributed by atoms with van der Waals surface area (Å²) in [5.41, 5.74) is 3.73. The van der Waals surface area contributed by atoms with Crippen LogP contribution >= 0.6 is 0 Å². The van der Waals surface area contributed by atoms with E-state index in [2.05, 4.69) is 26.8 Å². The number of rotatable bonds is 1. The smallest absolute Gasteiger partial charge is 0.311 e. The van der Waals surface area contributed by atoms with Crippen LogP contribution in [-0.4, -0.2) is 5.97 Å². The van der Waals surface area contributed by atoms with Crippen LogP contribution < -0.4 is 4.74 Å². The minimum atomic E-state index is -0.112. The van der Waals surface area contributed by atoms with Crippen LogP contribution in [0.3, 0.4) is 0 Å². The summed E-state index contributed by atoms with van der Waals surface area (Å²) in [6, 6.07) is 4.17. The van der Waals surface area contributed by atoms with Gasteiger partial charge in [0.25, 0.3) is 0 Å². The predicted octanol–water partition coefficient (Wildman–Crippen LogP) is 2.97. The summed E-state index contributed by atoms with van der Waals surface area (Å²) in [6.07, 6.45) is 1.32. The van der Waals surface area contributed by atoms with Gasteiger partial charge in [-0.1, -0.05) is 19.9 Å². The predicted molar refractivity (Wildman–Crippen MR) is 59.2 cm³/mol. The fourth-order valence-electron chi connectivity index (χ4n) is 2.07. The summed E-state index contributed by atoms with van der Waals surface area (Å²) in [5.74, 6) is 1.17. The molecule has 1 heterocycles. The molecule has 1 aliphatic heterocycles. The van der Waals surface area contributed by atoms with Crippen molar-refractivity contribution in [3.8, 4) is 5.75 Å². The van der Waals surface area contributed by atoms with Gasteiger partial charge in [-0.05, 0) is 42.0 Å². The molecule has 0 atom stereocenters. The Morgan fingerprint density at radius 1 is 1.27 bits per heavy atom. The molecule has 1 aliphatic rings. The van der Waals surface area contributed by atoms with E-state index in [0.717, 1.165) is 12.2 Å². The maximum absolute atomic E-state index is 11.1. The van der Waals surface area contributed by atoms with Gasteiger partial charge in [-0.3, -0.25) is 4.79 Å². The molecule has 0 amide bonds. The molecular weight excluding hydrogens is 188 g/mol. The van der Waals surface area contributed by atoms with Crippen LogP contribution in [0, 0.1) is 6.92 Å². The van der Waals surface area contributed by atoms with Crippen molar-refractivity contribution in [3.05, 3.63) is 28.8 Å². The molecule has 0 aromatic heterocycles. The van der Waals surface area contributed by atoms with Crippen molar-refractivity contribution in [2.75, 3.05) is 0 Å². The third-order valence-corrected chi connectivity index (χ3v) is 2.89. The lowest BCUT2D eigenvalue weighted by atomic mass is 9.93. The zero-order valence-electron chi connectivity index (χ0n) is 9.46. The van der Waals surface area contributed by atoms with Crippen molar-refractivity contribution in [3.63, 3.8) is 0 Å². The molecule has 0 saturated carbocycles. The van der Waals surface area contributed by atoms with E-state index in [1.54, 1.807) is 0 Å². The molecule has 1 aromatic carbocycles. The maximum Gasteiger partial charge on any atom is 0.311 e. The molecule has 0 bridgehead atoms. The molecule has 0 N–H and O–H groups in total. The number of carbonyl (C=O) groups excluding carboxylic acids is 1. The fraction of sp³-hybridized carbons (Fsp3) is 0.462. The maximum atomic E-state index is 11.1. The zero-order valence-corrected chi connectivity index (χ0v) is 9.46. The van der Waals surface area contributed by atoms with E-state index in [1.807, 2.05) is 6.07 Å². The molecule has 0 spiro atoms. The zero-order chi connectivity index (χ0) is 11.0. The minimum absolute atomic E-state index is 0.112. The summed E-state index contributed by atoms with van der Waals surface area (Å²) in [6.45, 7) is 6.44. The van der Waals surface area contributed by atoms with Gasteiger partial charge in [0.15, 0.2) is 0 Å². The van der Waals surface area contributed by atoms with E-state index in [9.17, 15) is 4.79 Å². The average molecular weight is 204 g/mol. The molecular formula is C13H16O2. The molecule has 1 aromatic rings. The van der Waals surface area contributed by atoms with Crippen molar-refractivity contribution in [1.82, 2.24) is 0 Å². The van der Waals surface area contributed by atoms with Crippen molar-refractivity contribution in [2.24, 2.45) is 0 Å². The molecule has 2 rings (SSSR count). The summed E-state index contributed by atoms with van der Waals surface area (Å²) < 4.78 is 5.21. The first-order valence-electron chi connectivity index (χ1n) is 5.42. The van der Waals surface area contributed by atoms with E-state index >= 15 is 0 Å². The topological polar surface area (TPSA) is 26.3 Å². The fourth-order valence-corrected chi connectivity index (χ4v) is 2.07. The normalized spacial score (nSPS) is 15.1. The van der Waals surface area contributed by atoms with Gasteiger partial charge in [-0.25, -0.2) is 0 Å². The summed E-state index contributed by atoms with van der Waals surface area (Å²) >= 11 is 0. The van der Waals surface area contributed by atoms with Crippen LogP contribution in [0.2, 0.25) is 0 Å². The van der Waals surface area contributed by atoms with E-state index in [0.29, 0.717) is 12.3 Å². The Morgan fingerprint density at radius 3 is 2.67 bits per heavy atom. The average Bonchev–Trinajstić information content (AvgIpc) is 2.15. The molecule has 0 radical (unpaired) electrons. The van der Waals surface area contributed by atoms with Gasteiger partial charge in [-0.15, -0.1) is 0 Å². The van der Waals surface area contributed by atoms with Gasteiger partial charge in [-0.2, -0.15) is 0 Å². The number of ether oxygens (including phenoxy) is 1. The Balaban J connectivity index is 2.46. The van der Waals surface area contributed by atoms with Gasteiger partial charge >= 0.3 is 5.97 Å². The molecule has 0 saturated heterocycles. The first kappa shape index (κ1) is 10.2. The van der Waals surface area contributed by atoms with E-state index in [1.165, 1.54) is 16.7 Å². The second kappa shape index (κ2) is 3.69. The van der Waals surface area contributed by atoms with Crippen LogP contribution in [0.15, 0.2) is 12.1 Å². The van der Waals surface area contributed by atoms with E-state index in [4.69, 9.17) is 4.74 Å². The number of aryl methyl sites for hydroxylation is 2. The van der Waals surface area contributed by atoms with Crippen LogP contribution in [0.5, 0.6) is 5.75 Å². The summed E-state index contributed by atoms with van der Waals surface area (Å²) in [4.78, 5) is 11.1. The number of fused-ring (bicyclic) bond motifs is 1. The third kappa shape index (κ3) is 1.89. The Morgan fingerprint density at radius 2 is 2.00 bits per heavy atom. The molecule has 0 aliphatic carbocycles. The number of esters is 1. The van der Waals surface area contributed by atoms with Crippen molar-refractivity contribution in [2.45, 2.75) is 39.5 Å². The van der Waals surface area contributed by atoms with E-state index in [-0.39, 0.29) is 5.97 Å². The second-order valence-corrected chi connectivity index (χ2v) is 4.45. The van der Waals surface area contributed by atoms with Crippen LogP contribution in [-0.2, 0) is 11.2 Å². The van der Waals surface area contributed by atoms with Gasteiger partial charge in [0.1, 0.15) is 5.75 Å². The molecule has 80 valence electrons. The largest absolute Gasteiger partial charge is 0.426 e. The number of carbonyl (C=O) groups is 1. The Hall–Kier alpha value is -1.31. The Labute approximate surface area is 90.3 Å².